The summed E-state index contributed by atoms with van der Waals surface area (Å²) < 4.78 is 0. The lowest BCUT2D eigenvalue weighted by molar-refractivity contribution is 0.102. The molecule has 1 aromatic heterocycles. The van der Waals surface area contributed by atoms with E-state index in [1.165, 1.54) is 31.3 Å². The Morgan fingerprint density at radius 2 is 1.96 bits per heavy atom. The number of anilines is 2. The van der Waals surface area contributed by atoms with Crippen LogP contribution in [-0.2, 0) is 0 Å². The van der Waals surface area contributed by atoms with Gasteiger partial charge in [-0.3, -0.25) is 4.79 Å². The molecule has 5 heteroatoms. The summed E-state index contributed by atoms with van der Waals surface area (Å²) in [5, 5.41) is 6.28. The van der Waals surface area contributed by atoms with E-state index in [2.05, 4.69) is 46.6 Å². The first-order valence-corrected chi connectivity index (χ1v) is 10.2. The number of carbonyl (C=O) groups excluding carboxylic acids is 1. The Labute approximate surface area is 167 Å². The summed E-state index contributed by atoms with van der Waals surface area (Å²) in [7, 11) is 0. The molecule has 148 valence electrons. The van der Waals surface area contributed by atoms with Gasteiger partial charge < -0.3 is 10.6 Å². The molecular weight excluding hydrogens is 348 g/mol. The van der Waals surface area contributed by atoms with E-state index < -0.39 is 0 Å². The molecule has 0 fully saturated rings. The third-order valence-corrected chi connectivity index (χ3v) is 5.19. The second-order valence-corrected chi connectivity index (χ2v) is 7.73. The molecule has 28 heavy (non-hydrogen) atoms. The molecule has 0 unspecified atom stereocenters. The van der Waals surface area contributed by atoms with Gasteiger partial charge in [0.25, 0.3) is 5.91 Å². The lowest BCUT2D eigenvalue weighted by Crippen LogP contribution is -2.16. The zero-order valence-electron chi connectivity index (χ0n) is 17.1. The fourth-order valence-corrected chi connectivity index (χ4v) is 3.53. The summed E-state index contributed by atoms with van der Waals surface area (Å²) in [6.45, 7) is 7.07. The molecule has 2 aromatic rings. The van der Waals surface area contributed by atoms with Crippen LogP contribution in [0.25, 0.3) is 0 Å². The highest BCUT2D eigenvalue weighted by Crippen LogP contribution is 2.27. The van der Waals surface area contributed by atoms with Gasteiger partial charge in [-0.05, 0) is 56.1 Å². The number of aryl methyl sites for hydroxylation is 1. The van der Waals surface area contributed by atoms with E-state index in [0.29, 0.717) is 17.4 Å². The topological polar surface area (TPSA) is 66.9 Å². The van der Waals surface area contributed by atoms with Crippen molar-refractivity contribution in [2.45, 2.75) is 58.8 Å². The highest BCUT2D eigenvalue weighted by molar-refractivity contribution is 6.04. The molecule has 1 amide bonds. The van der Waals surface area contributed by atoms with Gasteiger partial charge in [-0.2, -0.15) is 0 Å². The number of nitrogens with one attached hydrogen (secondary N) is 2. The molecule has 3 rings (SSSR count). The van der Waals surface area contributed by atoms with Crippen molar-refractivity contribution >= 4 is 17.5 Å². The van der Waals surface area contributed by atoms with Crippen LogP contribution in [0.3, 0.4) is 0 Å². The lowest BCUT2D eigenvalue weighted by Gasteiger charge is -2.16. The Bertz CT molecular complexity index is 840. The Morgan fingerprint density at radius 3 is 2.64 bits per heavy atom. The van der Waals surface area contributed by atoms with Crippen LogP contribution >= 0.6 is 0 Å². The van der Waals surface area contributed by atoms with Gasteiger partial charge in [-0.1, -0.05) is 43.7 Å². The van der Waals surface area contributed by atoms with Crippen LogP contribution in [0.2, 0.25) is 0 Å². The number of nitrogens with zero attached hydrogens (tertiary/aromatic N) is 2. The minimum atomic E-state index is -0.185. The maximum absolute atomic E-state index is 12.7. The average Bonchev–Trinajstić information content (AvgIpc) is 2.70. The van der Waals surface area contributed by atoms with Gasteiger partial charge in [-0.25, -0.2) is 9.97 Å². The summed E-state index contributed by atoms with van der Waals surface area (Å²) in [5.74, 6) is 0.708. The Kier molecular flexibility index (Phi) is 6.80. The van der Waals surface area contributed by atoms with E-state index in [4.69, 9.17) is 0 Å². The van der Waals surface area contributed by atoms with Crippen LogP contribution < -0.4 is 10.6 Å². The lowest BCUT2D eigenvalue weighted by atomic mass is 9.97. The summed E-state index contributed by atoms with van der Waals surface area (Å²) >= 11 is 0. The van der Waals surface area contributed by atoms with Crippen LogP contribution in [0.4, 0.5) is 11.6 Å². The van der Waals surface area contributed by atoms with Crippen molar-refractivity contribution in [3.63, 3.8) is 0 Å². The molecule has 1 aliphatic carbocycles. The molecule has 0 aliphatic heterocycles. The molecule has 0 atom stereocenters. The SMILES string of the molecule is Cc1cccc(C(C)C)c1NC(=O)c1cnc(NCCC2=CCCCC2)nc1. The number of aromatic nitrogens is 2. The second-order valence-electron chi connectivity index (χ2n) is 7.73. The van der Waals surface area contributed by atoms with Crippen LogP contribution in [0.15, 0.2) is 42.2 Å². The van der Waals surface area contributed by atoms with Gasteiger partial charge in [0.1, 0.15) is 0 Å². The van der Waals surface area contributed by atoms with Crippen LogP contribution in [-0.4, -0.2) is 22.4 Å². The number of hydrogen-bond donors (Lipinski definition) is 2. The van der Waals surface area contributed by atoms with E-state index in [1.807, 2.05) is 19.1 Å². The molecular formula is C23H30N4O. The predicted octanol–water partition coefficient (Wildman–Crippen LogP) is 5.46. The first-order chi connectivity index (χ1) is 13.5. The normalized spacial score (nSPS) is 13.9. The molecule has 1 aliphatic rings. The van der Waals surface area contributed by atoms with Gasteiger partial charge in [0.15, 0.2) is 0 Å². The minimum absolute atomic E-state index is 0.185. The first-order valence-electron chi connectivity index (χ1n) is 10.2. The van der Waals surface area contributed by atoms with E-state index in [0.717, 1.165) is 29.8 Å². The van der Waals surface area contributed by atoms with Gasteiger partial charge >= 0.3 is 0 Å². The molecule has 0 bridgehead atoms. The van der Waals surface area contributed by atoms with Crippen molar-refractivity contribution in [3.05, 3.63) is 58.9 Å². The average molecular weight is 379 g/mol. The molecule has 0 radical (unpaired) electrons. The fourth-order valence-electron chi connectivity index (χ4n) is 3.53. The monoisotopic (exact) mass is 378 g/mol. The van der Waals surface area contributed by atoms with Gasteiger partial charge in [0.2, 0.25) is 5.95 Å². The summed E-state index contributed by atoms with van der Waals surface area (Å²) in [5.41, 5.74) is 5.04. The number of benzene rings is 1. The maximum Gasteiger partial charge on any atom is 0.258 e. The number of hydrogen-bond acceptors (Lipinski definition) is 4. The third-order valence-electron chi connectivity index (χ3n) is 5.19. The Morgan fingerprint density at radius 1 is 1.18 bits per heavy atom. The van der Waals surface area contributed by atoms with Gasteiger partial charge in [-0.15, -0.1) is 0 Å². The van der Waals surface area contributed by atoms with Crippen molar-refractivity contribution in [3.8, 4) is 0 Å². The Hall–Kier alpha value is -2.69. The smallest absolute Gasteiger partial charge is 0.258 e. The molecule has 5 nitrogen and oxygen atoms in total. The van der Waals surface area contributed by atoms with Gasteiger partial charge in [0.05, 0.1) is 5.56 Å². The molecule has 0 saturated carbocycles. The number of rotatable bonds is 7. The van der Waals surface area contributed by atoms with E-state index in [9.17, 15) is 4.79 Å². The highest BCUT2D eigenvalue weighted by atomic mass is 16.1. The van der Waals surface area contributed by atoms with Crippen molar-refractivity contribution in [2.24, 2.45) is 0 Å². The quantitative estimate of drug-likeness (QED) is 0.628. The highest BCUT2D eigenvalue weighted by Gasteiger charge is 2.14. The van der Waals surface area contributed by atoms with Crippen molar-refractivity contribution in [1.82, 2.24) is 9.97 Å². The van der Waals surface area contributed by atoms with Crippen molar-refractivity contribution in [2.75, 3.05) is 17.2 Å². The van der Waals surface area contributed by atoms with Crippen molar-refractivity contribution in [1.29, 1.82) is 0 Å². The summed E-state index contributed by atoms with van der Waals surface area (Å²) in [6.07, 6.45) is 11.6. The number of allylic oxidation sites excluding steroid dienone is 1. The van der Waals surface area contributed by atoms with E-state index in [1.54, 1.807) is 12.4 Å². The molecule has 0 spiro atoms. The third kappa shape index (κ3) is 5.18. The van der Waals surface area contributed by atoms with Crippen LogP contribution in [0, 0.1) is 6.92 Å². The number of amides is 1. The number of para-hydroxylation sites is 1. The van der Waals surface area contributed by atoms with Crippen LogP contribution in [0.1, 0.15) is 73.4 Å². The summed E-state index contributed by atoms with van der Waals surface area (Å²) in [4.78, 5) is 21.3. The maximum atomic E-state index is 12.7. The number of carbonyl (C=O) groups is 1. The zero-order valence-corrected chi connectivity index (χ0v) is 17.1. The first kappa shape index (κ1) is 20.1. The molecule has 2 N–H and O–H groups in total. The zero-order chi connectivity index (χ0) is 19.9. The van der Waals surface area contributed by atoms with E-state index in [-0.39, 0.29) is 5.91 Å². The minimum Gasteiger partial charge on any atom is -0.354 e. The summed E-state index contributed by atoms with van der Waals surface area (Å²) in [6, 6.07) is 6.08. The molecule has 1 heterocycles. The van der Waals surface area contributed by atoms with Crippen LogP contribution in [0.5, 0.6) is 0 Å². The Balaban J connectivity index is 1.59. The molecule has 0 saturated heterocycles. The predicted molar refractivity (Wildman–Crippen MR) is 115 cm³/mol. The van der Waals surface area contributed by atoms with E-state index >= 15 is 0 Å². The van der Waals surface area contributed by atoms with Crippen molar-refractivity contribution < 1.29 is 4.79 Å². The standard InChI is InChI=1S/C23H30N4O/c1-16(2)20-11-7-8-17(3)21(20)27-22(28)19-14-25-23(26-15-19)24-13-12-18-9-5-4-6-10-18/h7-9,11,14-16H,4-6,10,12-13H2,1-3H3,(H,27,28)(H,24,25,26). The second kappa shape index (κ2) is 9.49. The largest absolute Gasteiger partial charge is 0.354 e. The fraction of sp³-hybridized carbons (Fsp3) is 0.435. The molecule has 1 aromatic carbocycles. The van der Waals surface area contributed by atoms with Gasteiger partial charge in [0, 0.05) is 24.6 Å².